The number of hydrogen-bond acceptors (Lipinski definition) is 7. The highest BCUT2D eigenvalue weighted by atomic mass is 16.5. The van der Waals surface area contributed by atoms with Gasteiger partial charge in [-0.3, -0.25) is 25.2 Å². The highest BCUT2D eigenvalue weighted by Gasteiger charge is 2.38. The Morgan fingerprint density at radius 1 is 1.05 bits per heavy atom. The average molecular weight is 526 g/mol. The molecule has 0 amide bonds. The molecule has 0 aliphatic carbocycles. The summed E-state index contributed by atoms with van der Waals surface area (Å²) in [5.41, 5.74) is 6.21. The molecule has 0 bridgehead atoms. The van der Waals surface area contributed by atoms with Gasteiger partial charge >= 0.3 is 11.9 Å². The van der Waals surface area contributed by atoms with Crippen LogP contribution < -0.4 is 11.3 Å². The van der Waals surface area contributed by atoms with Gasteiger partial charge in [0, 0.05) is 29.2 Å². The monoisotopic (exact) mass is 525 g/mol. The number of nitrogens with one attached hydrogen (secondary N) is 1. The fourth-order valence-corrected chi connectivity index (χ4v) is 3.90. The molecule has 0 radical (unpaired) electrons. The number of fused-ring (bicyclic) bond motifs is 1. The number of carboxylic acid groups (broad SMARTS) is 1. The molecule has 0 fully saturated rings. The lowest BCUT2D eigenvalue weighted by Crippen LogP contribution is -2.31. The summed E-state index contributed by atoms with van der Waals surface area (Å²) in [6.07, 6.45) is 4.06. The summed E-state index contributed by atoms with van der Waals surface area (Å²) in [7, 11) is 0. The molecule has 8 nitrogen and oxygen atoms in total. The van der Waals surface area contributed by atoms with Gasteiger partial charge in [-0.25, -0.2) is 0 Å². The van der Waals surface area contributed by atoms with Crippen LogP contribution in [0.2, 0.25) is 0 Å². The van der Waals surface area contributed by atoms with E-state index >= 15 is 0 Å². The van der Waals surface area contributed by atoms with Crippen LogP contribution in [0.4, 0.5) is 11.4 Å². The zero-order valence-electron chi connectivity index (χ0n) is 23.3. The topological polar surface area (TPSA) is 131 Å². The van der Waals surface area contributed by atoms with Crippen molar-refractivity contribution in [1.82, 2.24) is 0 Å². The number of nitrogens with two attached hydrogens (primary N) is 1. The van der Waals surface area contributed by atoms with Gasteiger partial charge in [0.25, 0.3) is 0 Å². The molecule has 2 aromatic carbocycles. The number of ketones is 1. The molecule has 1 aliphatic heterocycles. The summed E-state index contributed by atoms with van der Waals surface area (Å²) in [4.78, 5) is 37.2. The number of rotatable bonds is 11. The minimum Gasteiger partial charge on any atom is -0.481 e. The number of aliphatic carboxylic acids is 1. The van der Waals surface area contributed by atoms with Gasteiger partial charge in [-0.05, 0) is 64.3 Å². The van der Waals surface area contributed by atoms with E-state index < -0.39 is 5.97 Å². The molecule has 38 heavy (non-hydrogen) atoms. The molecule has 2 unspecified atom stereocenters. The number of Topliss-reactive ketones (excluding diaryl/α,β-unsaturated/α-hetero) is 1. The highest BCUT2D eigenvalue weighted by Crippen LogP contribution is 2.42. The molecular formula is C30H43N3O5. The Bertz CT molecular complexity index is 1050. The van der Waals surface area contributed by atoms with Crippen molar-refractivity contribution in [2.75, 3.05) is 12.0 Å². The Labute approximate surface area is 226 Å². The van der Waals surface area contributed by atoms with Crippen LogP contribution in [-0.2, 0) is 24.5 Å². The number of benzene rings is 2. The van der Waals surface area contributed by atoms with E-state index in [0.717, 1.165) is 48.3 Å². The molecule has 0 aromatic heterocycles. The Kier molecular flexibility index (Phi) is 14.6. The normalized spacial score (nSPS) is 15.9. The third-order valence-corrected chi connectivity index (χ3v) is 6.55. The fourth-order valence-electron chi connectivity index (χ4n) is 3.90. The van der Waals surface area contributed by atoms with Crippen molar-refractivity contribution in [3.8, 4) is 0 Å². The molecule has 0 saturated heterocycles. The minimum atomic E-state index is -0.736. The van der Waals surface area contributed by atoms with Gasteiger partial charge in [0.2, 0.25) is 0 Å². The summed E-state index contributed by atoms with van der Waals surface area (Å²) >= 11 is 0. The number of carboxylic acids is 1. The number of aliphatic imine (C=N–C) groups is 1. The van der Waals surface area contributed by atoms with Crippen LogP contribution in [-0.4, -0.2) is 35.1 Å². The first-order valence-corrected chi connectivity index (χ1v) is 13.1. The Morgan fingerprint density at radius 3 is 2.24 bits per heavy atom. The van der Waals surface area contributed by atoms with Crippen molar-refractivity contribution in [3.63, 3.8) is 0 Å². The van der Waals surface area contributed by atoms with Crippen LogP contribution in [0.25, 0.3) is 0 Å². The summed E-state index contributed by atoms with van der Waals surface area (Å²) in [6, 6.07) is 17.6. The first-order chi connectivity index (χ1) is 18.0. The van der Waals surface area contributed by atoms with Crippen molar-refractivity contribution in [2.45, 2.75) is 78.6 Å². The molecule has 3 rings (SSSR count). The number of nitrogen functional groups attached to an aromatic ring is 1. The van der Waals surface area contributed by atoms with E-state index in [-0.39, 0.29) is 29.5 Å². The van der Waals surface area contributed by atoms with Gasteiger partial charge in [-0.15, -0.1) is 0 Å². The van der Waals surface area contributed by atoms with Gasteiger partial charge in [-0.2, -0.15) is 0 Å². The maximum Gasteiger partial charge on any atom is 0.307 e. The largest absolute Gasteiger partial charge is 0.481 e. The lowest BCUT2D eigenvalue weighted by atomic mass is 9.77. The molecule has 1 heterocycles. The van der Waals surface area contributed by atoms with E-state index in [4.69, 9.17) is 15.7 Å². The number of ether oxygens (including phenoxy) is 1. The number of anilines is 1. The van der Waals surface area contributed by atoms with Crippen molar-refractivity contribution in [3.05, 3.63) is 60.2 Å². The first-order valence-electron chi connectivity index (χ1n) is 13.1. The van der Waals surface area contributed by atoms with E-state index in [1.165, 1.54) is 0 Å². The summed E-state index contributed by atoms with van der Waals surface area (Å²) < 4.78 is 5.04. The number of carbonyl (C=O) groups excluding carboxylic acids is 2. The van der Waals surface area contributed by atoms with E-state index in [9.17, 15) is 14.4 Å². The van der Waals surface area contributed by atoms with Gasteiger partial charge < -0.3 is 15.3 Å². The molecule has 4 N–H and O–H groups in total. The third-order valence-electron chi connectivity index (χ3n) is 6.55. The van der Waals surface area contributed by atoms with Gasteiger partial charge in [-0.1, -0.05) is 56.2 Å². The van der Waals surface area contributed by atoms with Crippen LogP contribution in [0.1, 0.15) is 78.7 Å². The first kappa shape index (κ1) is 32.5. The van der Waals surface area contributed by atoms with Gasteiger partial charge in [0.15, 0.2) is 0 Å². The van der Waals surface area contributed by atoms with Crippen molar-refractivity contribution in [1.29, 1.82) is 0 Å². The summed E-state index contributed by atoms with van der Waals surface area (Å²) in [6.45, 7) is 9.78. The fraction of sp³-hybridized carbons (Fsp3) is 0.467. The van der Waals surface area contributed by atoms with Crippen LogP contribution in [0.15, 0.2) is 59.6 Å². The van der Waals surface area contributed by atoms with Crippen molar-refractivity contribution in [2.24, 2.45) is 16.8 Å². The van der Waals surface area contributed by atoms with Gasteiger partial charge in [0.05, 0.1) is 18.7 Å². The Morgan fingerprint density at radius 2 is 1.68 bits per heavy atom. The number of hydrazine groups is 1. The SMILES string of the molecule is CC(=O)C(C)CCCCCC(=O)O.CCOC(=O)CC1(C)C(C)=Nc2ccccc21.NNc1ccccc1. The smallest absolute Gasteiger partial charge is 0.307 e. The van der Waals surface area contributed by atoms with E-state index in [0.29, 0.717) is 13.0 Å². The number of hydrogen-bond donors (Lipinski definition) is 3. The number of carbonyl (C=O) groups is 3. The second-order valence-electron chi connectivity index (χ2n) is 9.54. The van der Waals surface area contributed by atoms with E-state index in [1.807, 2.05) is 75.4 Å². The molecule has 0 spiro atoms. The van der Waals surface area contributed by atoms with Crippen molar-refractivity contribution < 1.29 is 24.2 Å². The number of unbranched alkanes of at least 4 members (excludes halogenated alkanes) is 2. The average Bonchev–Trinajstić information content (AvgIpc) is 3.14. The maximum absolute atomic E-state index is 11.7. The third kappa shape index (κ3) is 11.3. The Balaban J connectivity index is 0.000000305. The van der Waals surface area contributed by atoms with E-state index in [2.05, 4.69) is 17.3 Å². The second-order valence-corrected chi connectivity index (χ2v) is 9.54. The molecule has 2 aromatic rings. The highest BCUT2D eigenvalue weighted by molar-refractivity contribution is 6.02. The maximum atomic E-state index is 11.7. The molecule has 1 aliphatic rings. The molecule has 208 valence electrons. The van der Waals surface area contributed by atoms with Crippen molar-refractivity contribution >= 4 is 34.8 Å². The zero-order valence-corrected chi connectivity index (χ0v) is 23.3. The van der Waals surface area contributed by atoms with Crippen LogP contribution in [0.3, 0.4) is 0 Å². The predicted molar refractivity (Wildman–Crippen MR) is 153 cm³/mol. The van der Waals surface area contributed by atoms with Crippen LogP contribution in [0.5, 0.6) is 0 Å². The number of esters is 1. The molecule has 0 saturated carbocycles. The summed E-state index contributed by atoms with van der Waals surface area (Å²) in [5, 5.41) is 8.36. The van der Waals surface area contributed by atoms with Gasteiger partial charge in [0.1, 0.15) is 5.78 Å². The van der Waals surface area contributed by atoms with Crippen LogP contribution >= 0.6 is 0 Å². The lowest BCUT2D eigenvalue weighted by Gasteiger charge is -2.24. The number of para-hydroxylation sites is 2. The zero-order chi connectivity index (χ0) is 28.6. The minimum absolute atomic E-state index is 0.129. The molecular weight excluding hydrogens is 482 g/mol. The second kappa shape index (κ2) is 17.1. The van der Waals surface area contributed by atoms with E-state index in [1.54, 1.807) is 6.92 Å². The standard InChI is InChI=1S/C14H17NO2.C10H18O3.C6H8N2/c1-4-17-13(16)9-14(3)10(2)15-12-8-6-5-7-11(12)14;1-8(9(2)11)6-4-3-5-7-10(12)13;7-8-6-4-2-1-3-5-6/h5-8H,4,9H2,1-3H3;8H,3-7H2,1-2H3,(H,12,13);1-5,8H,7H2. The lowest BCUT2D eigenvalue weighted by molar-refractivity contribution is -0.144. The predicted octanol–water partition coefficient (Wildman–Crippen LogP) is 6.22. The quantitative estimate of drug-likeness (QED) is 0.137. The Hall–Kier alpha value is -3.52. The van der Waals surface area contributed by atoms with Crippen LogP contribution in [0, 0.1) is 5.92 Å². The molecule has 8 heteroatoms. The number of nitrogens with zero attached hydrogens (tertiary/aromatic N) is 1. The summed E-state index contributed by atoms with van der Waals surface area (Å²) in [5.74, 6) is 4.55. The molecule has 2 atom stereocenters.